The second kappa shape index (κ2) is 9.72. The van der Waals surface area contributed by atoms with Gasteiger partial charge in [-0.25, -0.2) is 14.4 Å². The van der Waals surface area contributed by atoms with Gasteiger partial charge in [-0.3, -0.25) is 10.1 Å². The molecule has 33 heavy (non-hydrogen) atoms. The van der Waals surface area contributed by atoms with Gasteiger partial charge in [0.25, 0.3) is 0 Å². The number of hydrogen-bond acceptors (Lipinski definition) is 6. The molecule has 0 fully saturated rings. The molecule has 0 saturated carbocycles. The van der Waals surface area contributed by atoms with Crippen molar-refractivity contribution in [3.05, 3.63) is 59.7 Å². The molecule has 0 unspecified atom stereocenters. The number of fused-ring (bicyclic) bond motifs is 3. The molecular weight excluding hydrogens is 428 g/mol. The van der Waals surface area contributed by atoms with E-state index in [4.69, 9.17) is 9.47 Å². The number of carbonyl (C=O) groups excluding carboxylic acids is 3. The standard InChI is InChI=1S/C24H26N2O7/c1-24(2,3)33-23(31)26-20(27)12-19(21(28)29)25-22(30)32-13-18-16-10-6-4-8-14(16)15-9-5-7-11-17(15)18/h4-11,18-19H,12-13H2,1-3H3,(H,25,30)(H,28,29)(H,26,27,31)/t19-/m1/s1. The average Bonchev–Trinajstić information content (AvgIpc) is 3.04. The molecule has 0 radical (unpaired) electrons. The Labute approximate surface area is 191 Å². The number of carbonyl (C=O) groups is 4. The van der Waals surface area contributed by atoms with E-state index in [1.165, 1.54) is 0 Å². The first-order valence-electron chi connectivity index (χ1n) is 10.4. The lowest BCUT2D eigenvalue weighted by atomic mass is 9.98. The lowest BCUT2D eigenvalue weighted by Crippen LogP contribution is -2.46. The first-order valence-corrected chi connectivity index (χ1v) is 10.4. The molecule has 0 aliphatic heterocycles. The molecule has 3 N–H and O–H groups in total. The maximum Gasteiger partial charge on any atom is 0.414 e. The molecule has 1 atom stereocenters. The van der Waals surface area contributed by atoms with Gasteiger partial charge in [0.05, 0.1) is 6.42 Å². The summed E-state index contributed by atoms with van der Waals surface area (Å²) in [7, 11) is 0. The number of rotatable bonds is 6. The first kappa shape index (κ1) is 23.8. The minimum atomic E-state index is -1.58. The molecule has 2 aromatic rings. The number of hydrogen-bond donors (Lipinski definition) is 3. The van der Waals surface area contributed by atoms with E-state index in [0.717, 1.165) is 22.3 Å². The van der Waals surface area contributed by atoms with Crippen LogP contribution in [-0.4, -0.2) is 47.4 Å². The van der Waals surface area contributed by atoms with Crippen molar-refractivity contribution in [2.24, 2.45) is 0 Å². The number of carboxylic acid groups (broad SMARTS) is 1. The topological polar surface area (TPSA) is 131 Å². The highest BCUT2D eigenvalue weighted by atomic mass is 16.6. The Morgan fingerprint density at radius 2 is 1.48 bits per heavy atom. The normalized spacial score (nSPS) is 13.3. The zero-order chi connectivity index (χ0) is 24.2. The van der Waals surface area contributed by atoms with Gasteiger partial charge in [0, 0.05) is 5.92 Å². The summed E-state index contributed by atoms with van der Waals surface area (Å²) in [5.41, 5.74) is 3.32. The zero-order valence-electron chi connectivity index (χ0n) is 18.6. The van der Waals surface area contributed by atoms with E-state index in [2.05, 4.69) is 5.32 Å². The van der Waals surface area contributed by atoms with Crippen LogP contribution >= 0.6 is 0 Å². The number of aliphatic carboxylic acids is 1. The van der Waals surface area contributed by atoms with Crippen LogP contribution in [0, 0.1) is 0 Å². The van der Waals surface area contributed by atoms with Gasteiger partial charge >= 0.3 is 18.2 Å². The molecule has 2 aromatic carbocycles. The van der Waals surface area contributed by atoms with Crippen molar-refractivity contribution in [1.29, 1.82) is 0 Å². The molecule has 3 amide bonds. The Kier molecular flexibility index (Phi) is 7.01. The molecule has 9 nitrogen and oxygen atoms in total. The highest BCUT2D eigenvalue weighted by molar-refractivity contribution is 5.95. The van der Waals surface area contributed by atoms with Crippen LogP contribution in [0.25, 0.3) is 11.1 Å². The summed E-state index contributed by atoms with van der Waals surface area (Å²) in [6.45, 7) is 4.86. The third-order valence-corrected chi connectivity index (χ3v) is 4.96. The van der Waals surface area contributed by atoms with Gasteiger partial charge < -0.3 is 19.9 Å². The molecule has 1 aliphatic rings. The fourth-order valence-electron chi connectivity index (χ4n) is 3.64. The van der Waals surface area contributed by atoms with E-state index in [1.807, 2.05) is 53.8 Å². The smallest absolute Gasteiger partial charge is 0.414 e. The highest BCUT2D eigenvalue weighted by Crippen LogP contribution is 2.44. The number of carboxylic acids is 1. The van der Waals surface area contributed by atoms with Crippen LogP contribution in [0.3, 0.4) is 0 Å². The van der Waals surface area contributed by atoms with E-state index in [-0.39, 0.29) is 12.5 Å². The molecule has 174 valence electrons. The summed E-state index contributed by atoms with van der Waals surface area (Å²) < 4.78 is 10.3. The third-order valence-electron chi connectivity index (χ3n) is 4.96. The van der Waals surface area contributed by atoms with Crippen molar-refractivity contribution in [1.82, 2.24) is 10.6 Å². The first-order chi connectivity index (χ1) is 15.5. The van der Waals surface area contributed by atoms with Crippen LogP contribution in [0.15, 0.2) is 48.5 Å². The van der Waals surface area contributed by atoms with Crippen LogP contribution in [-0.2, 0) is 19.1 Å². The van der Waals surface area contributed by atoms with Crippen LogP contribution in [0.1, 0.15) is 44.2 Å². The van der Waals surface area contributed by atoms with Gasteiger partial charge in [-0.2, -0.15) is 0 Å². The molecule has 0 spiro atoms. The van der Waals surface area contributed by atoms with Gasteiger partial charge in [0.1, 0.15) is 18.2 Å². The van der Waals surface area contributed by atoms with Crippen molar-refractivity contribution in [3.8, 4) is 11.1 Å². The number of ether oxygens (including phenoxy) is 2. The summed E-state index contributed by atoms with van der Waals surface area (Å²) in [5.74, 6) is -2.54. The fourth-order valence-corrected chi connectivity index (χ4v) is 3.64. The average molecular weight is 454 g/mol. The number of alkyl carbamates (subject to hydrolysis) is 2. The Morgan fingerprint density at radius 1 is 0.939 bits per heavy atom. The van der Waals surface area contributed by atoms with Crippen LogP contribution < -0.4 is 10.6 Å². The van der Waals surface area contributed by atoms with Crippen LogP contribution in [0.4, 0.5) is 9.59 Å². The molecule has 1 aliphatic carbocycles. The monoisotopic (exact) mass is 454 g/mol. The van der Waals surface area contributed by atoms with Crippen molar-refractivity contribution in [2.45, 2.75) is 44.8 Å². The van der Waals surface area contributed by atoms with Gasteiger partial charge in [0.15, 0.2) is 0 Å². The second-order valence-corrected chi connectivity index (χ2v) is 8.61. The lowest BCUT2D eigenvalue weighted by Gasteiger charge is -2.20. The summed E-state index contributed by atoms with van der Waals surface area (Å²) >= 11 is 0. The number of amides is 3. The maximum atomic E-state index is 12.3. The Bertz CT molecular complexity index is 1030. The molecule has 3 rings (SSSR count). The summed E-state index contributed by atoms with van der Waals surface area (Å²) in [5, 5.41) is 13.5. The molecule has 9 heteroatoms. The van der Waals surface area contributed by atoms with E-state index in [0.29, 0.717) is 0 Å². The van der Waals surface area contributed by atoms with Crippen molar-refractivity contribution < 1.29 is 33.8 Å². The SMILES string of the molecule is CC(C)(C)OC(=O)NC(=O)C[C@@H](NC(=O)OCC1c2ccccc2-c2ccccc21)C(=O)O. The molecular formula is C24H26N2O7. The minimum absolute atomic E-state index is 0.00367. The van der Waals surface area contributed by atoms with Gasteiger partial charge in [-0.15, -0.1) is 0 Å². The lowest BCUT2D eigenvalue weighted by molar-refractivity contribution is -0.141. The number of nitrogens with one attached hydrogen (secondary N) is 2. The number of benzene rings is 2. The largest absolute Gasteiger partial charge is 0.480 e. The molecule has 0 heterocycles. The van der Waals surface area contributed by atoms with Crippen molar-refractivity contribution >= 4 is 24.1 Å². The van der Waals surface area contributed by atoms with Crippen LogP contribution in [0.2, 0.25) is 0 Å². The van der Waals surface area contributed by atoms with E-state index in [9.17, 15) is 24.3 Å². The fraction of sp³-hybridized carbons (Fsp3) is 0.333. The Balaban J connectivity index is 1.58. The summed E-state index contributed by atoms with van der Waals surface area (Å²) in [6, 6.07) is 14.0. The van der Waals surface area contributed by atoms with Gasteiger partial charge in [-0.05, 0) is 43.0 Å². The van der Waals surface area contributed by atoms with E-state index >= 15 is 0 Å². The predicted octanol–water partition coefficient (Wildman–Crippen LogP) is 3.42. The van der Waals surface area contributed by atoms with Gasteiger partial charge in [-0.1, -0.05) is 48.5 Å². The van der Waals surface area contributed by atoms with Gasteiger partial charge in [0.2, 0.25) is 5.91 Å². The highest BCUT2D eigenvalue weighted by Gasteiger charge is 2.30. The molecule has 0 bridgehead atoms. The maximum absolute atomic E-state index is 12.3. The Morgan fingerprint density at radius 3 is 2.00 bits per heavy atom. The minimum Gasteiger partial charge on any atom is -0.480 e. The summed E-state index contributed by atoms with van der Waals surface area (Å²) in [6.07, 6.45) is -2.65. The summed E-state index contributed by atoms with van der Waals surface area (Å²) in [4.78, 5) is 47.5. The molecule has 0 aromatic heterocycles. The van der Waals surface area contributed by atoms with Crippen LogP contribution in [0.5, 0.6) is 0 Å². The number of imide groups is 1. The predicted molar refractivity (Wildman–Crippen MR) is 119 cm³/mol. The van der Waals surface area contributed by atoms with E-state index < -0.39 is 42.1 Å². The zero-order valence-corrected chi connectivity index (χ0v) is 18.6. The third kappa shape index (κ3) is 6.09. The van der Waals surface area contributed by atoms with Crippen molar-refractivity contribution in [3.63, 3.8) is 0 Å². The second-order valence-electron chi connectivity index (χ2n) is 8.61. The van der Waals surface area contributed by atoms with E-state index in [1.54, 1.807) is 20.8 Å². The Hall–Kier alpha value is -3.88. The van der Waals surface area contributed by atoms with Crippen molar-refractivity contribution in [2.75, 3.05) is 6.61 Å². The molecule has 0 saturated heterocycles. The quantitative estimate of drug-likeness (QED) is 0.609.